The van der Waals surface area contributed by atoms with Crippen molar-refractivity contribution in [3.05, 3.63) is 41.8 Å². The topological polar surface area (TPSA) is 63.2 Å². The van der Waals surface area contributed by atoms with E-state index in [1.54, 1.807) is 11.3 Å². The van der Waals surface area contributed by atoms with E-state index >= 15 is 0 Å². The molecule has 2 aromatic rings. The van der Waals surface area contributed by atoms with Crippen LogP contribution in [0.1, 0.15) is 6.42 Å². The van der Waals surface area contributed by atoms with Crippen LogP contribution in [0.15, 0.2) is 41.8 Å². The fraction of sp³-hybridized carbons (Fsp3) is 0.214. The Kier molecular flexibility index (Phi) is 4.57. The number of hydrogen-bond acceptors (Lipinski definition) is 4. The average Bonchev–Trinajstić information content (AvgIpc) is 2.90. The minimum atomic E-state index is -3.12. The number of carbonyl (C=O) groups is 1. The molecule has 1 amide bonds. The highest BCUT2D eigenvalue weighted by atomic mass is 32.2. The summed E-state index contributed by atoms with van der Waals surface area (Å²) in [6.45, 7) is 0. The Morgan fingerprint density at radius 2 is 1.95 bits per heavy atom. The van der Waals surface area contributed by atoms with Gasteiger partial charge in [0.2, 0.25) is 5.91 Å². The van der Waals surface area contributed by atoms with Crippen molar-refractivity contribution in [2.75, 3.05) is 17.3 Å². The van der Waals surface area contributed by atoms with Gasteiger partial charge < -0.3 is 5.32 Å². The first kappa shape index (κ1) is 14.7. The molecule has 106 valence electrons. The Labute approximate surface area is 122 Å². The van der Waals surface area contributed by atoms with E-state index in [4.69, 9.17) is 0 Å². The second-order valence-electron chi connectivity index (χ2n) is 4.45. The number of hydrogen-bond donors (Lipinski definition) is 1. The minimum absolute atomic E-state index is 0.0302. The molecule has 0 spiro atoms. The van der Waals surface area contributed by atoms with Crippen molar-refractivity contribution in [3.8, 4) is 10.4 Å². The van der Waals surface area contributed by atoms with Gasteiger partial charge in [0.15, 0.2) is 0 Å². The van der Waals surface area contributed by atoms with E-state index in [0.29, 0.717) is 5.69 Å². The van der Waals surface area contributed by atoms with E-state index in [1.807, 2.05) is 41.8 Å². The highest BCUT2D eigenvalue weighted by molar-refractivity contribution is 7.90. The zero-order valence-corrected chi connectivity index (χ0v) is 12.6. The van der Waals surface area contributed by atoms with Crippen molar-refractivity contribution in [1.82, 2.24) is 0 Å². The summed E-state index contributed by atoms with van der Waals surface area (Å²) in [5.41, 5.74) is 1.64. The van der Waals surface area contributed by atoms with E-state index in [-0.39, 0.29) is 18.1 Å². The van der Waals surface area contributed by atoms with E-state index < -0.39 is 9.84 Å². The SMILES string of the molecule is CS(=O)(=O)CCC(=O)Nc1ccccc1-c1cccs1. The monoisotopic (exact) mass is 309 g/mol. The third-order valence-electron chi connectivity index (χ3n) is 2.69. The van der Waals surface area contributed by atoms with E-state index in [0.717, 1.165) is 16.7 Å². The molecular weight excluding hydrogens is 294 g/mol. The van der Waals surface area contributed by atoms with Crippen LogP contribution in [0.2, 0.25) is 0 Å². The van der Waals surface area contributed by atoms with Crippen LogP contribution >= 0.6 is 11.3 Å². The van der Waals surface area contributed by atoms with Gasteiger partial charge in [0.05, 0.1) is 5.75 Å². The summed E-state index contributed by atoms with van der Waals surface area (Å²) >= 11 is 1.59. The second kappa shape index (κ2) is 6.19. The molecule has 0 fully saturated rings. The van der Waals surface area contributed by atoms with Crippen LogP contribution in [0.5, 0.6) is 0 Å². The molecule has 0 saturated heterocycles. The lowest BCUT2D eigenvalue weighted by Gasteiger charge is -2.09. The molecule has 1 aromatic carbocycles. The van der Waals surface area contributed by atoms with Gasteiger partial charge in [-0.2, -0.15) is 0 Å². The van der Waals surface area contributed by atoms with E-state index in [2.05, 4.69) is 5.32 Å². The number of nitrogens with one attached hydrogen (secondary N) is 1. The van der Waals surface area contributed by atoms with Gasteiger partial charge in [-0.1, -0.05) is 24.3 Å². The number of carbonyl (C=O) groups excluding carboxylic acids is 1. The summed E-state index contributed by atoms with van der Waals surface area (Å²) in [5, 5.41) is 4.74. The minimum Gasteiger partial charge on any atom is -0.325 e. The Morgan fingerprint density at radius 1 is 1.20 bits per heavy atom. The van der Waals surface area contributed by atoms with Gasteiger partial charge in [0.25, 0.3) is 0 Å². The van der Waals surface area contributed by atoms with Crippen LogP contribution < -0.4 is 5.32 Å². The normalized spacial score (nSPS) is 11.2. The molecule has 0 aliphatic heterocycles. The van der Waals surface area contributed by atoms with Crippen LogP contribution in [-0.4, -0.2) is 26.3 Å². The highest BCUT2D eigenvalue weighted by Crippen LogP contribution is 2.31. The molecule has 6 heteroatoms. The van der Waals surface area contributed by atoms with Crippen LogP contribution in [0.3, 0.4) is 0 Å². The average molecular weight is 309 g/mol. The summed E-state index contributed by atoms with van der Waals surface area (Å²) in [6, 6.07) is 11.4. The smallest absolute Gasteiger partial charge is 0.225 e. The third-order valence-corrected chi connectivity index (χ3v) is 4.54. The number of para-hydroxylation sites is 1. The Hall–Kier alpha value is -1.66. The van der Waals surface area contributed by atoms with Gasteiger partial charge in [-0.25, -0.2) is 8.42 Å². The van der Waals surface area contributed by atoms with Gasteiger partial charge in [0, 0.05) is 28.8 Å². The zero-order valence-electron chi connectivity index (χ0n) is 11.0. The molecule has 0 bridgehead atoms. The number of amides is 1. The number of benzene rings is 1. The Morgan fingerprint density at radius 3 is 2.60 bits per heavy atom. The molecule has 0 unspecified atom stereocenters. The quantitative estimate of drug-likeness (QED) is 0.923. The Bertz CT molecular complexity index is 691. The van der Waals surface area contributed by atoms with Crippen LogP contribution in [-0.2, 0) is 14.6 Å². The van der Waals surface area contributed by atoms with Crippen LogP contribution in [0, 0.1) is 0 Å². The molecule has 1 N–H and O–H groups in total. The summed E-state index contributed by atoms with van der Waals surface area (Å²) in [7, 11) is -3.12. The maximum atomic E-state index is 11.8. The Balaban J connectivity index is 2.12. The molecule has 0 aliphatic rings. The summed E-state index contributed by atoms with van der Waals surface area (Å²) in [5.74, 6) is -0.431. The first-order chi connectivity index (χ1) is 9.46. The van der Waals surface area contributed by atoms with Crippen molar-refractivity contribution in [3.63, 3.8) is 0 Å². The highest BCUT2D eigenvalue weighted by Gasteiger charge is 2.11. The van der Waals surface area contributed by atoms with Crippen molar-refractivity contribution < 1.29 is 13.2 Å². The second-order valence-corrected chi connectivity index (χ2v) is 7.66. The summed E-state index contributed by atoms with van der Waals surface area (Å²) < 4.78 is 22.1. The standard InChI is InChI=1S/C14H15NO3S2/c1-20(17,18)10-8-14(16)15-12-6-3-2-5-11(12)13-7-4-9-19-13/h2-7,9H,8,10H2,1H3,(H,15,16). The lowest BCUT2D eigenvalue weighted by Crippen LogP contribution is -2.16. The van der Waals surface area contributed by atoms with Crippen molar-refractivity contribution in [1.29, 1.82) is 0 Å². The molecule has 0 atom stereocenters. The molecule has 0 saturated carbocycles. The lowest BCUT2D eigenvalue weighted by molar-refractivity contribution is -0.115. The van der Waals surface area contributed by atoms with Gasteiger partial charge in [-0.3, -0.25) is 4.79 Å². The molecule has 2 rings (SSSR count). The van der Waals surface area contributed by atoms with Gasteiger partial charge in [-0.05, 0) is 17.5 Å². The zero-order chi connectivity index (χ0) is 14.6. The predicted molar refractivity (Wildman–Crippen MR) is 82.7 cm³/mol. The first-order valence-corrected chi connectivity index (χ1v) is 9.00. The molecule has 1 heterocycles. The number of rotatable bonds is 5. The van der Waals surface area contributed by atoms with Crippen molar-refractivity contribution >= 4 is 32.8 Å². The first-order valence-electron chi connectivity index (χ1n) is 6.06. The predicted octanol–water partition coefficient (Wildman–Crippen LogP) is 2.79. The largest absolute Gasteiger partial charge is 0.325 e. The number of thiophene rings is 1. The maximum Gasteiger partial charge on any atom is 0.225 e. The molecule has 0 radical (unpaired) electrons. The number of anilines is 1. The van der Waals surface area contributed by atoms with Crippen LogP contribution in [0.4, 0.5) is 5.69 Å². The van der Waals surface area contributed by atoms with Crippen molar-refractivity contribution in [2.24, 2.45) is 0 Å². The third kappa shape index (κ3) is 4.18. The molecule has 1 aromatic heterocycles. The van der Waals surface area contributed by atoms with Crippen LogP contribution in [0.25, 0.3) is 10.4 Å². The molecule has 4 nitrogen and oxygen atoms in total. The number of sulfone groups is 1. The lowest BCUT2D eigenvalue weighted by atomic mass is 10.1. The van der Waals surface area contributed by atoms with Gasteiger partial charge >= 0.3 is 0 Å². The van der Waals surface area contributed by atoms with E-state index in [1.165, 1.54) is 0 Å². The maximum absolute atomic E-state index is 11.8. The summed E-state index contributed by atoms with van der Waals surface area (Å²) in [6.07, 6.45) is 1.09. The van der Waals surface area contributed by atoms with E-state index in [9.17, 15) is 13.2 Å². The molecule has 20 heavy (non-hydrogen) atoms. The molecule has 0 aliphatic carbocycles. The van der Waals surface area contributed by atoms with Gasteiger partial charge in [-0.15, -0.1) is 11.3 Å². The van der Waals surface area contributed by atoms with Crippen molar-refractivity contribution in [2.45, 2.75) is 6.42 Å². The molecular formula is C14H15NO3S2. The summed E-state index contributed by atoms with van der Waals surface area (Å²) in [4.78, 5) is 12.9. The fourth-order valence-electron chi connectivity index (χ4n) is 1.73. The fourth-order valence-corrected chi connectivity index (χ4v) is 3.05. The van der Waals surface area contributed by atoms with Gasteiger partial charge in [0.1, 0.15) is 9.84 Å².